The van der Waals surface area contributed by atoms with Gasteiger partial charge in [0.15, 0.2) is 0 Å². The van der Waals surface area contributed by atoms with Crippen molar-refractivity contribution in [3.8, 4) is 0 Å². The number of alkyl halides is 3. The van der Waals surface area contributed by atoms with Crippen LogP contribution in [-0.2, 0) is 4.79 Å². The number of hydrogen-bond acceptors (Lipinski definition) is 1. The van der Waals surface area contributed by atoms with Crippen LogP contribution in [-0.4, -0.2) is 11.4 Å². The maximum Gasteiger partial charge on any atom is 0.416 e. The first-order chi connectivity index (χ1) is 9.15. The first-order valence-electron chi connectivity index (χ1n) is 6.19. The molecular weight excluding hydrogens is 289 g/mol. The van der Waals surface area contributed by atoms with Crippen molar-refractivity contribution < 1.29 is 18.0 Å². The molecule has 0 N–H and O–H groups in total. The molecule has 5 heteroatoms. The summed E-state index contributed by atoms with van der Waals surface area (Å²) in [5.74, 6) is -1.03. The SMILES string of the molecule is CC1(C)C(/C=C(/c2ccccc2)C(F)(F)F)C1C(=O)Cl. The Morgan fingerprint density at radius 2 is 1.80 bits per heavy atom. The largest absolute Gasteiger partial charge is 0.416 e. The Kier molecular flexibility index (Phi) is 3.71. The molecule has 2 atom stereocenters. The van der Waals surface area contributed by atoms with Crippen molar-refractivity contribution in [1.29, 1.82) is 0 Å². The quantitative estimate of drug-likeness (QED) is 0.742. The molecule has 1 aliphatic carbocycles. The van der Waals surface area contributed by atoms with Gasteiger partial charge in [0.05, 0.1) is 5.57 Å². The molecule has 0 radical (unpaired) electrons. The fourth-order valence-corrected chi connectivity index (χ4v) is 2.99. The van der Waals surface area contributed by atoms with Crippen LogP contribution in [0, 0.1) is 17.3 Å². The molecule has 1 aromatic carbocycles. The minimum absolute atomic E-state index is 0.100. The molecule has 0 heterocycles. The predicted molar refractivity (Wildman–Crippen MR) is 72.1 cm³/mol. The van der Waals surface area contributed by atoms with E-state index in [0.29, 0.717) is 0 Å². The van der Waals surface area contributed by atoms with E-state index in [9.17, 15) is 18.0 Å². The zero-order valence-electron chi connectivity index (χ0n) is 11.0. The lowest BCUT2D eigenvalue weighted by molar-refractivity contribution is -0.113. The maximum absolute atomic E-state index is 13.2. The van der Waals surface area contributed by atoms with Crippen LogP contribution < -0.4 is 0 Å². The molecule has 1 aromatic rings. The highest BCUT2D eigenvalue weighted by Crippen LogP contribution is 2.61. The van der Waals surface area contributed by atoms with E-state index in [2.05, 4.69) is 0 Å². The molecule has 0 bridgehead atoms. The van der Waals surface area contributed by atoms with Crippen LogP contribution in [0.1, 0.15) is 19.4 Å². The lowest BCUT2D eigenvalue weighted by Crippen LogP contribution is -2.11. The summed E-state index contributed by atoms with van der Waals surface area (Å²) in [6, 6.07) is 7.58. The van der Waals surface area contributed by atoms with Gasteiger partial charge in [-0.2, -0.15) is 13.2 Å². The molecule has 1 fully saturated rings. The van der Waals surface area contributed by atoms with Gasteiger partial charge in [-0.1, -0.05) is 50.3 Å². The molecule has 0 spiro atoms. The van der Waals surface area contributed by atoms with Crippen molar-refractivity contribution in [1.82, 2.24) is 0 Å². The van der Waals surface area contributed by atoms with E-state index in [4.69, 9.17) is 11.6 Å². The summed E-state index contributed by atoms with van der Waals surface area (Å²) in [4.78, 5) is 11.3. The van der Waals surface area contributed by atoms with E-state index < -0.39 is 34.2 Å². The zero-order valence-corrected chi connectivity index (χ0v) is 11.8. The van der Waals surface area contributed by atoms with Gasteiger partial charge < -0.3 is 0 Å². The second-order valence-corrected chi connectivity index (χ2v) is 5.95. The summed E-state index contributed by atoms with van der Waals surface area (Å²) >= 11 is 5.45. The Morgan fingerprint density at radius 1 is 1.25 bits per heavy atom. The minimum Gasteiger partial charge on any atom is -0.281 e. The van der Waals surface area contributed by atoms with Crippen LogP contribution in [0.25, 0.3) is 5.57 Å². The molecule has 108 valence electrons. The lowest BCUT2D eigenvalue weighted by Gasteiger charge is -2.12. The number of carbonyl (C=O) groups excluding carboxylic acids is 1. The standard InChI is InChI=1S/C15H14ClF3O/c1-14(2)11(12(14)13(16)20)8-10(15(17,18)19)9-6-4-3-5-7-9/h3-8,11-12H,1-2H3/b10-8-. The monoisotopic (exact) mass is 302 g/mol. The molecule has 1 aliphatic rings. The highest BCUT2D eigenvalue weighted by atomic mass is 35.5. The maximum atomic E-state index is 13.2. The molecule has 1 nitrogen and oxygen atoms in total. The van der Waals surface area contributed by atoms with Crippen molar-refractivity contribution in [2.24, 2.45) is 17.3 Å². The van der Waals surface area contributed by atoms with E-state index >= 15 is 0 Å². The molecule has 0 amide bonds. The van der Waals surface area contributed by atoms with Crippen molar-refractivity contribution in [2.45, 2.75) is 20.0 Å². The summed E-state index contributed by atoms with van der Waals surface area (Å²) < 4.78 is 39.6. The summed E-state index contributed by atoms with van der Waals surface area (Å²) in [7, 11) is 0. The Morgan fingerprint density at radius 3 is 2.20 bits per heavy atom. The van der Waals surface area contributed by atoms with Crippen LogP contribution in [0.5, 0.6) is 0 Å². The van der Waals surface area contributed by atoms with Gasteiger partial charge in [-0.25, -0.2) is 0 Å². The summed E-state index contributed by atoms with van der Waals surface area (Å²) in [6.45, 7) is 3.50. The molecule has 2 rings (SSSR count). The number of allylic oxidation sites excluding steroid dienone is 2. The van der Waals surface area contributed by atoms with Crippen molar-refractivity contribution in [3.63, 3.8) is 0 Å². The number of benzene rings is 1. The Balaban J connectivity index is 2.40. The van der Waals surface area contributed by atoms with E-state index in [0.717, 1.165) is 6.08 Å². The predicted octanol–water partition coefficient (Wildman–Crippen LogP) is 4.67. The topological polar surface area (TPSA) is 17.1 Å². The molecule has 0 aromatic heterocycles. The van der Waals surface area contributed by atoms with E-state index in [-0.39, 0.29) is 5.56 Å². The third-order valence-corrected chi connectivity index (χ3v) is 4.13. The molecule has 2 unspecified atom stereocenters. The van der Waals surface area contributed by atoms with Gasteiger partial charge in [0.2, 0.25) is 5.24 Å². The third kappa shape index (κ3) is 2.75. The smallest absolute Gasteiger partial charge is 0.281 e. The Bertz CT molecular complexity index is 546. The average Bonchev–Trinajstić information content (AvgIpc) is 2.87. The van der Waals surface area contributed by atoms with Gasteiger partial charge in [-0.15, -0.1) is 0 Å². The fraction of sp³-hybridized carbons (Fsp3) is 0.400. The first-order valence-corrected chi connectivity index (χ1v) is 6.57. The van der Waals surface area contributed by atoms with Crippen LogP contribution in [0.15, 0.2) is 36.4 Å². The normalized spacial score (nSPS) is 25.4. The molecular formula is C15H14ClF3O. The van der Waals surface area contributed by atoms with Crippen molar-refractivity contribution >= 4 is 22.4 Å². The van der Waals surface area contributed by atoms with Crippen LogP contribution >= 0.6 is 11.6 Å². The Labute approximate surface area is 120 Å². The second-order valence-electron chi connectivity index (χ2n) is 5.57. The first kappa shape index (κ1) is 15.1. The summed E-state index contributed by atoms with van der Waals surface area (Å²) in [5.41, 5.74) is -1.13. The molecule has 1 saturated carbocycles. The number of rotatable bonds is 3. The van der Waals surface area contributed by atoms with E-state index in [1.807, 2.05) is 0 Å². The van der Waals surface area contributed by atoms with Crippen molar-refractivity contribution in [3.05, 3.63) is 42.0 Å². The van der Waals surface area contributed by atoms with E-state index in [1.165, 1.54) is 12.1 Å². The van der Waals surface area contributed by atoms with Gasteiger partial charge in [0.1, 0.15) is 0 Å². The lowest BCUT2D eigenvalue weighted by atomic mass is 10.0. The number of halogens is 4. The highest BCUT2D eigenvalue weighted by molar-refractivity contribution is 6.64. The summed E-state index contributed by atoms with van der Waals surface area (Å²) in [6.07, 6.45) is -3.32. The highest BCUT2D eigenvalue weighted by Gasteiger charge is 2.60. The number of hydrogen-bond donors (Lipinski definition) is 0. The molecule has 20 heavy (non-hydrogen) atoms. The summed E-state index contributed by atoms with van der Waals surface area (Å²) in [5, 5.41) is -0.578. The number of carbonyl (C=O) groups is 1. The van der Waals surface area contributed by atoms with E-state index in [1.54, 1.807) is 32.0 Å². The van der Waals surface area contributed by atoms with Crippen LogP contribution in [0.3, 0.4) is 0 Å². The van der Waals surface area contributed by atoms with Crippen molar-refractivity contribution in [2.75, 3.05) is 0 Å². The van der Waals surface area contributed by atoms with Gasteiger partial charge in [0, 0.05) is 5.92 Å². The third-order valence-electron chi connectivity index (χ3n) is 3.89. The van der Waals surface area contributed by atoms with Crippen LogP contribution in [0.4, 0.5) is 13.2 Å². The molecule has 0 aliphatic heterocycles. The zero-order chi connectivity index (χ0) is 15.1. The van der Waals surface area contributed by atoms with Gasteiger partial charge >= 0.3 is 6.18 Å². The van der Waals surface area contributed by atoms with Crippen LogP contribution in [0.2, 0.25) is 0 Å². The second kappa shape index (κ2) is 4.92. The Hall–Kier alpha value is -1.29. The van der Waals surface area contributed by atoms with Gasteiger partial charge in [-0.05, 0) is 28.5 Å². The molecule has 0 saturated heterocycles. The minimum atomic E-state index is -4.46. The van der Waals surface area contributed by atoms with Gasteiger partial charge in [0.25, 0.3) is 0 Å². The van der Waals surface area contributed by atoms with Gasteiger partial charge in [-0.3, -0.25) is 4.79 Å². The average molecular weight is 303 g/mol. The fourth-order valence-electron chi connectivity index (χ4n) is 2.57.